The summed E-state index contributed by atoms with van der Waals surface area (Å²) >= 11 is 0. The van der Waals surface area contributed by atoms with Crippen LogP contribution < -0.4 is 0 Å². The molecule has 5 nitrogen and oxygen atoms in total. The third-order valence-electron chi connectivity index (χ3n) is 3.05. The Bertz CT molecular complexity index is 778. The zero-order valence-electron chi connectivity index (χ0n) is 11.2. The first-order valence-corrected chi connectivity index (χ1v) is 6.20. The van der Waals surface area contributed by atoms with E-state index in [2.05, 4.69) is 10.1 Å². The van der Waals surface area contributed by atoms with Gasteiger partial charge in [-0.25, -0.2) is 14.3 Å². The van der Waals surface area contributed by atoms with Crippen LogP contribution in [0.25, 0.3) is 16.8 Å². The van der Waals surface area contributed by atoms with Crippen LogP contribution in [0.15, 0.2) is 42.6 Å². The standard InChI is InChI=1S/C15H13N3O2/c1-10-16-14-13(15(19)20-2)8-12(9-18(14)17-10)11-6-4-3-5-7-11/h3-9H,1-2H3. The summed E-state index contributed by atoms with van der Waals surface area (Å²) in [5.74, 6) is 0.195. The van der Waals surface area contributed by atoms with Crippen LogP contribution in [0.2, 0.25) is 0 Å². The first-order chi connectivity index (χ1) is 9.69. The molecule has 0 radical (unpaired) electrons. The van der Waals surface area contributed by atoms with Crippen molar-refractivity contribution in [3.05, 3.63) is 54.0 Å². The molecule has 0 saturated carbocycles. The normalized spacial score (nSPS) is 10.7. The summed E-state index contributed by atoms with van der Waals surface area (Å²) in [6.45, 7) is 1.79. The number of carbonyl (C=O) groups is 1. The molecule has 0 atom stereocenters. The zero-order valence-corrected chi connectivity index (χ0v) is 11.2. The molecule has 100 valence electrons. The van der Waals surface area contributed by atoms with Crippen LogP contribution in [-0.2, 0) is 4.74 Å². The van der Waals surface area contributed by atoms with Crippen molar-refractivity contribution in [3.63, 3.8) is 0 Å². The lowest BCUT2D eigenvalue weighted by molar-refractivity contribution is 0.0602. The maximum absolute atomic E-state index is 11.9. The van der Waals surface area contributed by atoms with Crippen molar-refractivity contribution in [1.29, 1.82) is 0 Å². The second-order valence-corrected chi connectivity index (χ2v) is 4.43. The Balaban J connectivity index is 2.27. The van der Waals surface area contributed by atoms with Crippen LogP contribution in [0.3, 0.4) is 0 Å². The SMILES string of the molecule is COC(=O)c1cc(-c2ccccc2)cn2nc(C)nc12. The fraction of sp³-hybridized carbons (Fsp3) is 0.133. The highest BCUT2D eigenvalue weighted by atomic mass is 16.5. The van der Waals surface area contributed by atoms with Crippen LogP contribution in [0.5, 0.6) is 0 Å². The minimum absolute atomic E-state index is 0.412. The Labute approximate surface area is 115 Å². The molecule has 0 aliphatic carbocycles. The van der Waals surface area contributed by atoms with Crippen LogP contribution in [0.4, 0.5) is 0 Å². The Kier molecular flexibility index (Phi) is 2.95. The summed E-state index contributed by atoms with van der Waals surface area (Å²) < 4.78 is 6.44. The molecular formula is C15H13N3O2. The summed E-state index contributed by atoms with van der Waals surface area (Å²) in [6.07, 6.45) is 1.86. The highest BCUT2D eigenvalue weighted by molar-refractivity contribution is 5.97. The van der Waals surface area contributed by atoms with E-state index in [-0.39, 0.29) is 0 Å². The van der Waals surface area contributed by atoms with Crippen molar-refractivity contribution >= 4 is 11.6 Å². The van der Waals surface area contributed by atoms with Gasteiger partial charge in [0.25, 0.3) is 0 Å². The lowest BCUT2D eigenvalue weighted by Crippen LogP contribution is -2.05. The van der Waals surface area contributed by atoms with E-state index in [0.717, 1.165) is 11.1 Å². The van der Waals surface area contributed by atoms with Crippen molar-refractivity contribution in [2.45, 2.75) is 6.92 Å². The van der Waals surface area contributed by atoms with Crippen molar-refractivity contribution in [2.24, 2.45) is 0 Å². The molecule has 5 heteroatoms. The van der Waals surface area contributed by atoms with E-state index in [0.29, 0.717) is 17.0 Å². The number of hydrogen-bond acceptors (Lipinski definition) is 4. The van der Waals surface area contributed by atoms with Crippen LogP contribution in [0, 0.1) is 6.92 Å². The number of hydrogen-bond donors (Lipinski definition) is 0. The fourth-order valence-electron chi connectivity index (χ4n) is 2.14. The predicted octanol–water partition coefficient (Wildman–Crippen LogP) is 2.49. The molecule has 2 aromatic heterocycles. The molecule has 20 heavy (non-hydrogen) atoms. The van der Waals surface area contributed by atoms with Crippen molar-refractivity contribution in [3.8, 4) is 11.1 Å². The number of ether oxygens (including phenoxy) is 1. The molecule has 0 spiro atoms. The molecule has 0 N–H and O–H groups in total. The van der Waals surface area contributed by atoms with Gasteiger partial charge in [-0.3, -0.25) is 0 Å². The van der Waals surface area contributed by atoms with Gasteiger partial charge in [0.15, 0.2) is 5.65 Å². The average Bonchev–Trinajstić information content (AvgIpc) is 2.86. The first-order valence-electron chi connectivity index (χ1n) is 6.20. The molecule has 0 unspecified atom stereocenters. The van der Waals surface area contributed by atoms with E-state index in [1.165, 1.54) is 7.11 Å². The summed E-state index contributed by atoms with van der Waals surface area (Å²) in [7, 11) is 1.36. The molecular weight excluding hydrogens is 254 g/mol. The monoisotopic (exact) mass is 267 g/mol. The molecule has 0 saturated heterocycles. The van der Waals surface area contributed by atoms with E-state index in [1.54, 1.807) is 17.5 Å². The Hall–Kier alpha value is -2.69. The second-order valence-electron chi connectivity index (χ2n) is 4.43. The zero-order chi connectivity index (χ0) is 14.1. The number of rotatable bonds is 2. The number of esters is 1. The molecule has 3 aromatic rings. The first kappa shape index (κ1) is 12.3. The second kappa shape index (κ2) is 4.77. The van der Waals surface area contributed by atoms with E-state index in [4.69, 9.17) is 4.74 Å². The van der Waals surface area contributed by atoms with Gasteiger partial charge < -0.3 is 4.74 Å². The number of aromatic nitrogens is 3. The van der Waals surface area contributed by atoms with Crippen LogP contribution in [-0.4, -0.2) is 27.7 Å². The number of aryl methyl sites for hydroxylation is 1. The van der Waals surface area contributed by atoms with Crippen molar-refractivity contribution in [2.75, 3.05) is 7.11 Å². The highest BCUT2D eigenvalue weighted by Crippen LogP contribution is 2.22. The molecule has 3 rings (SSSR count). The molecule has 1 aromatic carbocycles. The number of fused-ring (bicyclic) bond motifs is 1. The summed E-state index contributed by atoms with van der Waals surface area (Å²) in [4.78, 5) is 16.2. The lowest BCUT2D eigenvalue weighted by Gasteiger charge is -2.06. The number of pyridine rings is 1. The summed E-state index contributed by atoms with van der Waals surface area (Å²) in [5.41, 5.74) is 2.82. The van der Waals surface area contributed by atoms with Crippen LogP contribution >= 0.6 is 0 Å². The average molecular weight is 267 g/mol. The van der Waals surface area contributed by atoms with Gasteiger partial charge in [-0.1, -0.05) is 30.3 Å². The Morgan fingerprint density at radius 3 is 2.65 bits per heavy atom. The third-order valence-corrected chi connectivity index (χ3v) is 3.05. The largest absolute Gasteiger partial charge is 0.465 e. The minimum Gasteiger partial charge on any atom is -0.465 e. The maximum atomic E-state index is 11.9. The van der Waals surface area contributed by atoms with Gasteiger partial charge >= 0.3 is 5.97 Å². The van der Waals surface area contributed by atoms with Gasteiger partial charge in [-0.2, -0.15) is 5.10 Å². The predicted molar refractivity (Wildman–Crippen MR) is 74.5 cm³/mol. The van der Waals surface area contributed by atoms with E-state index >= 15 is 0 Å². The fourth-order valence-corrected chi connectivity index (χ4v) is 2.14. The summed E-state index contributed by atoms with van der Waals surface area (Å²) in [5, 5.41) is 4.27. The molecule has 0 aliphatic heterocycles. The summed E-state index contributed by atoms with van der Waals surface area (Å²) in [6, 6.07) is 11.6. The number of nitrogens with zero attached hydrogens (tertiary/aromatic N) is 3. The smallest absolute Gasteiger partial charge is 0.341 e. The number of carbonyl (C=O) groups excluding carboxylic acids is 1. The molecule has 0 aliphatic rings. The topological polar surface area (TPSA) is 56.5 Å². The van der Waals surface area contributed by atoms with Gasteiger partial charge in [0.05, 0.1) is 7.11 Å². The van der Waals surface area contributed by atoms with E-state index in [9.17, 15) is 4.79 Å². The molecule has 2 heterocycles. The van der Waals surface area contributed by atoms with Crippen molar-refractivity contribution < 1.29 is 9.53 Å². The molecule has 0 bridgehead atoms. The number of methoxy groups -OCH3 is 1. The third kappa shape index (κ3) is 2.03. The van der Waals surface area contributed by atoms with E-state index in [1.807, 2.05) is 36.5 Å². The van der Waals surface area contributed by atoms with Gasteiger partial charge in [-0.15, -0.1) is 0 Å². The number of benzene rings is 1. The van der Waals surface area contributed by atoms with Gasteiger partial charge in [0.2, 0.25) is 0 Å². The van der Waals surface area contributed by atoms with Gasteiger partial charge in [0, 0.05) is 11.8 Å². The van der Waals surface area contributed by atoms with Crippen molar-refractivity contribution in [1.82, 2.24) is 14.6 Å². The highest BCUT2D eigenvalue weighted by Gasteiger charge is 2.16. The van der Waals surface area contributed by atoms with Gasteiger partial charge in [0.1, 0.15) is 11.4 Å². The van der Waals surface area contributed by atoms with Gasteiger partial charge in [-0.05, 0) is 18.6 Å². The Morgan fingerprint density at radius 2 is 1.95 bits per heavy atom. The van der Waals surface area contributed by atoms with E-state index < -0.39 is 5.97 Å². The Morgan fingerprint density at radius 1 is 1.20 bits per heavy atom. The maximum Gasteiger partial charge on any atom is 0.341 e. The lowest BCUT2D eigenvalue weighted by atomic mass is 10.1. The molecule has 0 fully saturated rings. The van der Waals surface area contributed by atoms with Crippen LogP contribution in [0.1, 0.15) is 16.2 Å². The quantitative estimate of drug-likeness (QED) is 0.669. The minimum atomic E-state index is -0.416. The molecule has 0 amide bonds.